The number of benzene rings is 3. The highest BCUT2D eigenvalue weighted by Crippen LogP contribution is 2.27. The fraction of sp³-hybridized carbons (Fsp3) is 0.276. The Morgan fingerprint density at radius 1 is 1.00 bits per heavy atom. The Bertz CT molecular complexity index is 1220. The van der Waals surface area contributed by atoms with Gasteiger partial charge < -0.3 is 20.3 Å². The number of hydrogen-bond donors (Lipinski definition) is 2. The maximum absolute atomic E-state index is 12.7. The Labute approximate surface area is 211 Å². The summed E-state index contributed by atoms with van der Waals surface area (Å²) in [6.07, 6.45) is 1.15. The minimum absolute atomic E-state index is 0.0892. The maximum atomic E-state index is 12.7. The molecule has 3 aromatic rings. The van der Waals surface area contributed by atoms with Gasteiger partial charge in [-0.2, -0.15) is 0 Å². The van der Waals surface area contributed by atoms with Gasteiger partial charge in [-0.25, -0.2) is 0 Å². The van der Waals surface area contributed by atoms with Crippen LogP contribution in [0.4, 0.5) is 11.4 Å². The first kappa shape index (κ1) is 25.0. The van der Waals surface area contributed by atoms with Crippen LogP contribution in [-0.4, -0.2) is 30.9 Å². The van der Waals surface area contributed by atoms with Crippen molar-refractivity contribution < 1.29 is 19.1 Å². The van der Waals surface area contributed by atoms with Crippen LogP contribution < -0.4 is 20.3 Å². The second kappa shape index (κ2) is 11.5. The Morgan fingerprint density at radius 2 is 1.72 bits per heavy atom. The zero-order valence-corrected chi connectivity index (χ0v) is 20.6. The van der Waals surface area contributed by atoms with Crippen molar-refractivity contribution in [2.45, 2.75) is 33.2 Å². The first-order valence-corrected chi connectivity index (χ1v) is 12.2. The number of aryl methyl sites for hydroxylation is 2. The molecule has 0 spiro atoms. The molecule has 2 N–H and O–H groups in total. The van der Waals surface area contributed by atoms with Gasteiger partial charge in [0.05, 0.1) is 5.92 Å². The number of hydrogen-bond acceptors (Lipinski definition) is 4. The third kappa shape index (κ3) is 6.50. The summed E-state index contributed by atoms with van der Waals surface area (Å²) in [4.78, 5) is 39.0. The van der Waals surface area contributed by atoms with E-state index in [2.05, 4.69) is 29.7 Å². The summed E-state index contributed by atoms with van der Waals surface area (Å²) in [5.74, 6) is -0.338. The fourth-order valence-electron chi connectivity index (χ4n) is 4.15. The van der Waals surface area contributed by atoms with Gasteiger partial charge in [-0.15, -0.1) is 0 Å². The molecular formula is C29H31N3O4. The van der Waals surface area contributed by atoms with E-state index in [1.165, 1.54) is 5.56 Å². The molecule has 0 bridgehead atoms. The van der Waals surface area contributed by atoms with E-state index in [4.69, 9.17) is 4.74 Å². The van der Waals surface area contributed by atoms with Crippen LogP contribution in [0.25, 0.3) is 0 Å². The standard InChI is InChI=1S/C29H31N3O4/c1-3-21-7-9-22(10-8-21)17-30-29(35)23-16-28(34)32(18-23)25-11-13-26(14-12-25)36-19-27(33)31-24-6-4-5-20(2)15-24/h4-15,23H,3,16-19H2,1-2H3,(H,30,35)(H,31,33)/t23-/m0/s1. The largest absolute Gasteiger partial charge is 0.484 e. The quantitative estimate of drug-likeness (QED) is 0.475. The summed E-state index contributed by atoms with van der Waals surface area (Å²) >= 11 is 0. The summed E-state index contributed by atoms with van der Waals surface area (Å²) in [6, 6.07) is 22.7. The zero-order valence-electron chi connectivity index (χ0n) is 20.6. The van der Waals surface area contributed by atoms with Gasteiger partial charge in [0.25, 0.3) is 5.91 Å². The van der Waals surface area contributed by atoms with Crippen molar-refractivity contribution in [3.63, 3.8) is 0 Å². The molecule has 0 radical (unpaired) electrons. The lowest BCUT2D eigenvalue weighted by molar-refractivity contribution is -0.126. The van der Waals surface area contributed by atoms with E-state index in [0.29, 0.717) is 24.5 Å². The average molecular weight is 486 g/mol. The molecule has 7 heteroatoms. The number of amides is 3. The fourth-order valence-corrected chi connectivity index (χ4v) is 4.15. The van der Waals surface area contributed by atoms with Gasteiger partial charge in [-0.1, -0.05) is 43.3 Å². The van der Waals surface area contributed by atoms with Crippen molar-refractivity contribution in [3.05, 3.63) is 89.5 Å². The molecular weight excluding hydrogens is 454 g/mol. The van der Waals surface area contributed by atoms with Crippen LogP contribution in [0.5, 0.6) is 5.75 Å². The van der Waals surface area contributed by atoms with Crippen molar-refractivity contribution >= 4 is 29.1 Å². The molecule has 1 aliphatic heterocycles. The first-order chi connectivity index (χ1) is 17.4. The van der Waals surface area contributed by atoms with E-state index in [0.717, 1.165) is 23.2 Å². The topological polar surface area (TPSA) is 87.7 Å². The smallest absolute Gasteiger partial charge is 0.262 e. The molecule has 1 aliphatic rings. The summed E-state index contributed by atoms with van der Waals surface area (Å²) in [7, 11) is 0. The lowest BCUT2D eigenvalue weighted by atomic mass is 10.1. The molecule has 1 heterocycles. The number of anilines is 2. The minimum Gasteiger partial charge on any atom is -0.484 e. The van der Waals surface area contributed by atoms with Crippen LogP contribution >= 0.6 is 0 Å². The molecule has 3 aromatic carbocycles. The van der Waals surface area contributed by atoms with E-state index < -0.39 is 5.92 Å². The van der Waals surface area contributed by atoms with Gasteiger partial charge in [0.1, 0.15) is 5.75 Å². The molecule has 4 rings (SSSR count). The summed E-state index contributed by atoms with van der Waals surface area (Å²) < 4.78 is 5.58. The molecule has 1 atom stereocenters. The molecule has 1 fully saturated rings. The van der Waals surface area contributed by atoms with Crippen molar-refractivity contribution in [2.24, 2.45) is 5.92 Å². The third-order valence-corrected chi connectivity index (χ3v) is 6.21. The van der Waals surface area contributed by atoms with E-state index in [-0.39, 0.29) is 30.7 Å². The normalized spacial score (nSPS) is 15.0. The van der Waals surface area contributed by atoms with Crippen molar-refractivity contribution in [1.82, 2.24) is 5.32 Å². The van der Waals surface area contributed by atoms with Gasteiger partial charge in [0.15, 0.2) is 6.61 Å². The van der Waals surface area contributed by atoms with Gasteiger partial charge in [-0.05, 0) is 66.4 Å². The van der Waals surface area contributed by atoms with Crippen LogP contribution in [0, 0.1) is 12.8 Å². The van der Waals surface area contributed by atoms with E-state index >= 15 is 0 Å². The molecule has 0 saturated carbocycles. The molecule has 3 amide bonds. The molecule has 36 heavy (non-hydrogen) atoms. The van der Waals surface area contributed by atoms with Crippen molar-refractivity contribution in [1.29, 1.82) is 0 Å². The Hall–Kier alpha value is -4.13. The Morgan fingerprint density at radius 3 is 2.42 bits per heavy atom. The zero-order chi connectivity index (χ0) is 25.5. The van der Waals surface area contributed by atoms with E-state index in [9.17, 15) is 14.4 Å². The van der Waals surface area contributed by atoms with Crippen LogP contribution in [-0.2, 0) is 27.3 Å². The third-order valence-electron chi connectivity index (χ3n) is 6.21. The van der Waals surface area contributed by atoms with Crippen LogP contribution in [0.1, 0.15) is 30.0 Å². The second-order valence-electron chi connectivity index (χ2n) is 8.99. The number of nitrogens with one attached hydrogen (secondary N) is 2. The monoisotopic (exact) mass is 485 g/mol. The van der Waals surface area contributed by atoms with Gasteiger partial charge >= 0.3 is 0 Å². The number of rotatable bonds is 9. The lowest BCUT2D eigenvalue weighted by Crippen LogP contribution is -2.32. The predicted octanol–water partition coefficient (Wildman–Crippen LogP) is 4.24. The van der Waals surface area contributed by atoms with Crippen LogP contribution in [0.2, 0.25) is 0 Å². The Kier molecular flexibility index (Phi) is 8.00. The first-order valence-electron chi connectivity index (χ1n) is 12.2. The highest BCUT2D eigenvalue weighted by Gasteiger charge is 2.35. The number of carbonyl (C=O) groups is 3. The highest BCUT2D eigenvalue weighted by molar-refractivity contribution is 6.00. The van der Waals surface area contributed by atoms with Crippen molar-refractivity contribution in [3.8, 4) is 5.75 Å². The highest BCUT2D eigenvalue weighted by atomic mass is 16.5. The number of nitrogens with zero attached hydrogens (tertiary/aromatic N) is 1. The van der Waals surface area contributed by atoms with Gasteiger partial charge in [0.2, 0.25) is 11.8 Å². The minimum atomic E-state index is -0.395. The summed E-state index contributed by atoms with van der Waals surface area (Å²) in [5.41, 5.74) is 4.76. The summed E-state index contributed by atoms with van der Waals surface area (Å²) in [5, 5.41) is 5.75. The average Bonchev–Trinajstić information content (AvgIpc) is 3.28. The second-order valence-corrected chi connectivity index (χ2v) is 8.99. The summed E-state index contributed by atoms with van der Waals surface area (Å²) in [6.45, 7) is 4.71. The molecule has 0 unspecified atom stereocenters. The predicted molar refractivity (Wildman–Crippen MR) is 140 cm³/mol. The molecule has 1 saturated heterocycles. The molecule has 186 valence electrons. The Balaban J connectivity index is 1.26. The van der Waals surface area contributed by atoms with Crippen LogP contribution in [0.15, 0.2) is 72.8 Å². The van der Waals surface area contributed by atoms with Crippen LogP contribution in [0.3, 0.4) is 0 Å². The van der Waals surface area contributed by atoms with E-state index in [1.807, 2.05) is 43.3 Å². The molecule has 7 nitrogen and oxygen atoms in total. The van der Waals surface area contributed by atoms with Gasteiger partial charge in [0, 0.05) is 30.9 Å². The van der Waals surface area contributed by atoms with Crippen molar-refractivity contribution in [2.75, 3.05) is 23.4 Å². The lowest BCUT2D eigenvalue weighted by Gasteiger charge is -2.17. The molecule has 0 aromatic heterocycles. The maximum Gasteiger partial charge on any atom is 0.262 e. The van der Waals surface area contributed by atoms with Gasteiger partial charge in [-0.3, -0.25) is 14.4 Å². The number of carbonyl (C=O) groups excluding carboxylic acids is 3. The SMILES string of the molecule is CCc1ccc(CNC(=O)[C@H]2CC(=O)N(c3ccc(OCC(=O)Nc4cccc(C)c4)cc3)C2)cc1. The number of ether oxygens (including phenoxy) is 1. The molecule has 0 aliphatic carbocycles. The van der Waals surface area contributed by atoms with E-state index in [1.54, 1.807) is 29.2 Å².